The van der Waals surface area contributed by atoms with Gasteiger partial charge in [-0.15, -0.1) is 11.3 Å². The minimum atomic E-state index is -3.23. The summed E-state index contributed by atoms with van der Waals surface area (Å²) in [5.74, 6) is -0.230. The third-order valence-electron chi connectivity index (χ3n) is 4.50. The van der Waals surface area contributed by atoms with Crippen molar-refractivity contribution in [3.8, 4) is 11.3 Å². The van der Waals surface area contributed by atoms with Gasteiger partial charge in [0.05, 0.1) is 17.2 Å². The highest BCUT2D eigenvalue weighted by Crippen LogP contribution is 2.25. The van der Waals surface area contributed by atoms with Crippen LogP contribution in [0.15, 0.2) is 60.0 Å². The molecule has 0 saturated carbocycles. The highest BCUT2D eigenvalue weighted by molar-refractivity contribution is 7.90. The van der Waals surface area contributed by atoms with Crippen LogP contribution in [0.2, 0.25) is 0 Å². The normalized spacial score (nSPS) is 11.3. The van der Waals surface area contributed by atoms with Crippen LogP contribution in [0.3, 0.4) is 0 Å². The van der Waals surface area contributed by atoms with Gasteiger partial charge < -0.3 is 5.32 Å². The molecule has 1 amide bonds. The van der Waals surface area contributed by atoms with Gasteiger partial charge in [-0.25, -0.2) is 13.4 Å². The Morgan fingerprint density at radius 1 is 1.03 bits per heavy atom. The first kappa shape index (κ1) is 21.2. The molecule has 0 radical (unpaired) electrons. The van der Waals surface area contributed by atoms with E-state index < -0.39 is 9.84 Å². The van der Waals surface area contributed by atoms with Crippen LogP contribution < -0.4 is 5.32 Å². The van der Waals surface area contributed by atoms with E-state index in [1.807, 2.05) is 35.7 Å². The van der Waals surface area contributed by atoms with Gasteiger partial charge in [0.1, 0.15) is 0 Å². The predicted octanol–water partition coefficient (Wildman–Crippen LogP) is 4.71. The number of aromatic nitrogens is 1. The number of benzene rings is 2. The fraction of sp³-hybridized carbons (Fsp3) is 0.273. The lowest BCUT2D eigenvalue weighted by Crippen LogP contribution is -2.15. The topological polar surface area (TPSA) is 76.1 Å². The summed E-state index contributed by atoms with van der Waals surface area (Å²) >= 11 is 1.36. The number of rotatable bonds is 9. The van der Waals surface area contributed by atoms with E-state index >= 15 is 0 Å². The monoisotopic (exact) mass is 428 g/mol. The summed E-state index contributed by atoms with van der Waals surface area (Å²) < 4.78 is 24.4. The van der Waals surface area contributed by atoms with Crippen molar-refractivity contribution in [2.75, 3.05) is 11.1 Å². The Kier molecular flexibility index (Phi) is 7.17. The number of anilines is 1. The molecule has 0 aliphatic carbocycles. The Balaban J connectivity index is 1.48. The number of nitrogens with one attached hydrogen (secondary N) is 1. The third-order valence-corrected chi connectivity index (χ3v) is 6.94. The van der Waals surface area contributed by atoms with E-state index in [4.69, 9.17) is 0 Å². The van der Waals surface area contributed by atoms with Crippen molar-refractivity contribution in [2.45, 2.75) is 31.9 Å². The second-order valence-corrected chi connectivity index (χ2v) is 9.86. The number of hydrogen-bond acceptors (Lipinski definition) is 5. The molecule has 0 saturated heterocycles. The summed E-state index contributed by atoms with van der Waals surface area (Å²) in [7, 11) is -3.23. The van der Waals surface area contributed by atoms with E-state index in [1.54, 1.807) is 12.1 Å². The molecule has 0 atom stereocenters. The first-order valence-electron chi connectivity index (χ1n) is 9.54. The van der Waals surface area contributed by atoms with Crippen LogP contribution in [-0.2, 0) is 26.8 Å². The van der Waals surface area contributed by atoms with Crippen molar-refractivity contribution in [1.82, 2.24) is 4.98 Å². The second-order valence-electron chi connectivity index (χ2n) is 6.82. The molecule has 0 spiro atoms. The first-order valence-corrected chi connectivity index (χ1v) is 12.2. The van der Waals surface area contributed by atoms with Crippen LogP contribution >= 0.6 is 11.3 Å². The van der Waals surface area contributed by atoms with Gasteiger partial charge in [-0.2, -0.15) is 0 Å². The molecule has 3 aromatic rings. The zero-order chi connectivity index (χ0) is 20.7. The minimum Gasteiger partial charge on any atom is -0.302 e. The molecule has 7 heteroatoms. The number of carbonyl (C=O) groups is 1. The van der Waals surface area contributed by atoms with Gasteiger partial charge in [-0.3, -0.25) is 4.79 Å². The smallest absolute Gasteiger partial charge is 0.226 e. The summed E-state index contributed by atoms with van der Waals surface area (Å²) in [5, 5.41) is 5.19. The predicted molar refractivity (Wildman–Crippen MR) is 119 cm³/mol. The number of nitrogens with zero attached hydrogens (tertiary/aromatic N) is 1. The molecule has 0 aliphatic heterocycles. The van der Waals surface area contributed by atoms with Crippen LogP contribution in [0.25, 0.3) is 11.3 Å². The molecular formula is C22H24N2O3S2. The van der Waals surface area contributed by atoms with Gasteiger partial charge in [0.2, 0.25) is 5.91 Å². The molecule has 2 aromatic carbocycles. The maximum atomic E-state index is 12.2. The number of aryl methyl sites for hydroxylation is 1. The van der Waals surface area contributed by atoms with Crippen LogP contribution in [-0.4, -0.2) is 25.1 Å². The minimum absolute atomic E-state index is 0.00210. The Morgan fingerprint density at radius 3 is 2.45 bits per heavy atom. The lowest BCUT2D eigenvalue weighted by atomic mass is 10.1. The number of amides is 1. The van der Waals surface area contributed by atoms with Gasteiger partial charge in [0.15, 0.2) is 15.0 Å². The highest BCUT2D eigenvalue weighted by atomic mass is 32.2. The van der Waals surface area contributed by atoms with Crippen molar-refractivity contribution in [3.63, 3.8) is 0 Å². The van der Waals surface area contributed by atoms with Crippen molar-refractivity contribution in [3.05, 3.63) is 71.1 Å². The van der Waals surface area contributed by atoms with Gasteiger partial charge in [-0.1, -0.05) is 61.5 Å². The molecule has 29 heavy (non-hydrogen) atoms. The zero-order valence-electron chi connectivity index (χ0n) is 16.3. The third kappa shape index (κ3) is 6.51. The van der Waals surface area contributed by atoms with Crippen molar-refractivity contribution < 1.29 is 13.2 Å². The van der Waals surface area contributed by atoms with Crippen molar-refractivity contribution in [2.24, 2.45) is 0 Å². The van der Waals surface area contributed by atoms with Gasteiger partial charge in [0, 0.05) is 17.4 Å². The molecule has 1 aromatic heterocycles. The number of carbonyl (C=O) groups excluding carboxylic acids is 1. The van der Waals surface area contributed by atoms with Crippen molar-refractivity contribution in [1.29, 1.82) is 0 Å². The van der Waals surface area contributed by atoms with Crippen LogP contribution in [0.1, 0.15) is 30.9 Å². The molecule has 1 N–H and O–H groups in total. The van der Waals surface area contributed by atoms with E-state index in [0.717, 1.165) is 23.2 Å². The second kappa shape index (κ2) is 9.80. The fourth-order valence-electron chi connectivity index (χ4n) is 2.91. The van der Waals surface area contributed by atoms with E-state index in [0.29, 0.717) is 5.13 Å². The summed E-state index contributed by atoms with van der Waals surface area (Å²) in [6.45, 7) is 2.11. The number of thiazole rings is 1. The van der Waals surface area contributed by atoms with E-state index in [9.17, 15) is 13.2 Å². The largest absolute Gasteiger partial charge is 0.302 e. The molecule has 3 rings (SSSR count). The highest BCUT2D eigenvalue weighted by Gasteiger charge is 2.14. The zero-order valence-corrected chi connectivity index (χ0v) is 17.9. The quantitative estimate of drug-likeness (QED) is 0.536. The lowest BCUT2D eigenvalue weighted by molar-refractivity contribution is -0.116. The standard InChI is InChI=1S/C22H24N2O3S2/c1-2-17-10-12-19(13-11-17)20-15-28-22(23-20)24-21(25)9-6-14-29(26,27)16-18-7-4-3-5-8-18/h3-5,7-8,10-13,15H,2,6,9,14,16H2,1H3,(H,23,24,25). The van der Waals surface area contributed by atoms with Crippen LogP contribution in [0.4, 0.5) is 5.13 Å². The maximum absolute atomic E-state index is 12.2. The molecule has 5 nitrogen and oxygen atoms in total. The van der Waals surface area contributed by atoms with Crippen molar-refractivity contribution >= 4 is 32.2 Å². The summed E-state index contributed by atoms with van der Waals surface area (Å²) in [4.78, 5) is 16.6. The molecule has 0 unspecified atom stereocenters. The number of sulfone groups is 1. The Hall–Kier alpha value is -2.51. The molecule has 1 heterocycles. The summed E-state index contributed by atoms with van der Waals surface area (Å²) in [6, 6.07) is 17.3. The average Bonchev–Trinajstić information content (AvgIpc) is 3.16. The lowest BCUT2D eigenvalue weighted by Gasteiger charge is -2.05. The SMILES string of the molecule is CCc1ccc(-c2csc(NC(=O)CCCS(=O)(=O)Cc3ccccc3)n2)cc1. The summed E-state index contributed by atoms with van der Waals surface area (Å²) in [5.41, 5.74) is 3.85. The maximum Gasteiger partial charge on any atom is 0.226 e. The Morgan fingerprint density at radius 2 is 1.76 bits per heavy atom. The molecule has 152 valence electrons. The van der Waals surface area contributed by atoms with Gasteiger partial charge >= 0.3 is 0 Å². The Bertz CT molecular complexity index is 1040. The van der Waals surface area contributed by atoms with E-state index in [2.05, 4.69) is 29.4 Å². The first-order chi connectivity index (χ1) is 13.9. The van der Waals surface area contributed by atoms with Crippen LogP contribution in [0.5, 0.6) is 0 Å². The molecular weight excluding hydrogens is 404 g/mol. The molecule has 0 fully saturated rings. The molecule has 0 bridgehead atoms. The summed E-state index contributed by atoms with van der Waals surface area (Å²) in [6.07, 6.45) is 1.42. The fourth-order valence-corrected chi connectivity index (χ4v) is 5.07. The van der Waals surface area contributed by atoms with E-state index in [1.165, 1.54) is 16.9 Å². The van der Waals surface area contributed by atoms with E-state index in [-0.39, 0.29) is 30.3 Å². The van der Waals surface area contributed by atoms with Gasteiger partial charge in [0.25, 0.3) is 0 Å². The Labute approximate surface area is 175 Å². The average molecular weight is 429 g/mol. The number of hydrogen-bond donors (Lipinski definition) is 1. The van der Waals surface area contributed by atoms with Gasteiger partial charge in [-0.05, 0) is 24.0 Å². The molecule has 0 aliphatic rings. The van der Waals surface area contributed by atoms with Crippen LogP contribution in [0, 0.1) is 0 Å².